The van der Waals surface area contributed by atoms with Crippen molar-refractivity contribution < 1.29 is 0 Å². The molecule has 1 unspecified atom stereocenters. The number of nitrogens with zero attached hydrogens (tertiary/aromatic N) is 2. The molecule has 108 valence electrons. The molecule has 1 atom stereocenters. The number of aryl methyl sites for hydroxylation is 1. The second kappa shape index (κ2) is 7.21. The largest absolute Gasteiger partial charge is 0.293 e. The van der Waals surface area contributed by atoms with Crippen molar-refractivity contribution in [2.75, 3.05) is 7.05 Å². The summed E-state index contributed by atoms with van der Waals surface area (Å²) >= 11 is 7.56. The smallest absolute Gasteiger partial charge is 0.110 e. The van der Waals surface area contributed by atoms with Gasteiger partial charge in [0.1, 0.15) is 5.01 Å². The quantitative estimate of drug-likeness (QED) is 0.714. The normalized spacial score (nSPS) is 12.8. The maximum Gasteiger partial charge on any atom is 0.110 e. The Hall–Kier alpha value is -0.900. The molecule has 0 fully saturated rings. The fourth-order valence-electron chi connectivity index (χ4n) is 2.42. The number of aromatic nitrogens is 1. The average Bonchev–Trinajstić information content (AvgIpc) is 2.88. The molecule has 0 amide bonds. The van der Waals surface area contributed by atoms with Gasteiger partial charge in [-0.3, -0.25) is 4.90 Å². The molecule has 0 saturated carbocycles. The van der Waals surface area contributed by atoms with Gasteiger partial charge in [-0.25, -0.2) is 4.98 Å². The maximum absolute atomic E-state index is 5.85. The first kappa shape index (κ1) is 15.5. The third-order valence-electron chi connectivity index (χ3n) is 3.42. The standard InChI is InChI=1S/C16H21ClN2S/c1-4-15(16-18-14(9-17)11-20-16)19(3)10-13-7-5-6-12(2)8-13/h5-8,11,15H,4,9-10H2,1-3H3. The van der Waals surface area contributed by atoms with Crippen LogP contribution in [-0.4, -0.2) is 16.9 Å². The first-order chi connectivity index (χ1) is 9.63. The van der Waals surface area contributed by atoms with Crippen LogP contribution in [0, 0.1) is 6.92 Å². The van der Waals surface area contributed by atoms with Gasteiger partial charge < -0.3 is 0 Å². The number of thiazole rings is 1. The van der Waals surface area contributed by atoms with Crippen LogP contribution in [0.4, 0.5) is 0 Å². The molecule has 2 rings (SSSR count). The van der Waals surface area contributed by atoms with Crippen molar-refractivity contribution in [2.45, 2.75) is 38.7 Å². The molecule has 0 N–H and O–H groups in total. The van der Waals surface area contributed by atoms with Crippen LogP contribution >= 0.6 is 22.9 Å². The predicted octanol–water partition coefficient (Wildman–Crippen LogP) is 4.77. The van der Waals surface area contributed by atoms with E-state index in [1.807, 2.05) is 0 Å². The van der Waals surface area contributed by atoms with E-state index < -0.39 is 0 Å². The molecular weight excluding hydrogens is 288 g/mol. The second-order valence-electron chi connectivity index (χ2n) is 5.14. The second-order valence-corrected chi connectivity index (χ2v) is 6.30. The van der Waals surface area contributed by atoms with E-state index in [0.717, 1.165) is 18.7 Å². The van der Waals surface area contributed by atoms with Crippen molar-refractivity contribution in [3.8, 4) is 0 Å². The monoisotopic (exact) mass is 308 g/mol. The van der Waals surface area contributed by atoms with Gasteiger partial charge in [-0.1, -0.05) is 36.8 Å². The van der Waals surface area contributed by atoms with Gasteiger partial charge in [-0.2, -0.15) is 0 Å². The van der Waals surface area contributed by atoms with Crippen molar-refractivity contribution in [3.63, 3.8) is 0 Å². The molecule has 2 nitrogen and oxygen atoms in total. The van der Waals surface area contributed by atoms with E-state index in [0.29, 0.717) is 11.9 Å². The summed E-state index contributed by atoms with van der Waals surface area (Å²) in [5, 5.41) is 3.23. The summed E-state index contributed by atoms with van der Waals surface area (Å²) in [5.41, 5.74) is 3.64. The Balaban J connectivity index is 2.10. The third kappa shape index (κ3) is 3.81. The Morgan fingerprint density at radius 3 is 2.80 bits per heavy atom. The Bertz CT molecular complexity index is 553. The Kier molecular flexibility index (Phi) is 5.58. The van der Waals surface area contributed by atoms with E-state index in [1.54, 1.807) is 11.3 Å². The average molecular weight is 309 g/mol. The molecule has 20 heavy (non-hydrogen) atoms. The van der Waals surface area contributed by atoms with Gasteiger partial charge in [-0.05, 0) is 26.0 Å². The highest BCUT2D eigenvalue weighted by molar-refractivity contribution is 7.09. The molecule has 0 spiro atoms. The topological polar surface area (TPSA) is 16.1 Å². The van der Waals surface area contributed by atoms with Gasteiger partial charge in [0.05, 0.1) is 17.6 Å². The van der Waals surface area contributed by atoms with Crippen molar-refractivity contribution in [2.24, 2.45) is 0 Å². The van der Waals surface area contributed by atoms with Crippen LogP contribution < -0.4 is 0 Å². The first-order valence-corrected chi connectivity index (χ1v) is 8.31. The highest BCUT2D eigenvalue weighted by atomic mass is 35.5. The van der Waals surface area contributed by atoms with Crippen LogP contribution in [0.15, 0.2) is 29.6 Å². The molecule has 0 bridgehead atoms. The number of hydrogen-bond donors (Lipinski definition) is 0. The highest BCUT2D eigenvalue weighted by Crippen LogP contribution is 2.27. The summed E-state index contributed by atoms with van der Waals surface area (Å²) < 4.78 is 0. The fourth-order valence-corrected chi connectivity index (χ4v) is 3.72. The lowest BCUT2D eigenvalue weighted by molar-refractivity contribution is 0.229. The zero-order valence-electron chi connectivity index (χ0n) is 12.3. The van der Waals surface area contributed by atoms with Gasteiger partial charge in [-0.15, -0.1) is 22.9 Å². The molecule has 0 radical (unpaired) electrons. The predicted molar refractivity (Wildman–Crippen MR) is 87.3 cm³/mol. The number of benzene rings is 1. The fraction of sp³-hybridized carbons (Fsp3) is 0.438. The molecule has 0 aliphatic rings. The number of hydrogen-bond acceptors (Lipinski definition) is 3. The minimum atomic E-state index is 0.359. The first-order valence-electron chi connectivity index (χ1n) is 6.90. The van der Waals surface area contributed by atoms with Crippen LogP contribution in [0.1, 0.15) is 41.2 Å². The van der Waals surface area contributed by atoms with Crippen LogP contribution in [0.25, 0.3) is 0 Å². The molecule has 2 aromatic rings. The Morgan fingerprint density at radius 1 is 1.40 bits per heavy atom. The van der Waals surface area contributed by atoms with E-state index in [9.17, 15) is 0 Å². The summed E-state index contributed by atoms with van der Waals surface area (Å²) in [5.74, 6) is 0.495. The molecule has 1 heterocycles. The van der Waals surface area contributed by atoms with Gasteiger partial charge >= 0.3 is 0 Å². The molecular formula is C16H21ClN2S. The van der Waals surface area contributed by atoms with Crippen molar-refractivity contribution in [3.05, 3.63) is 51.5 Å². The van der Waals surface area contributed by atoms with Gasteiger partial charge in [0.15, 0.2) is 0 Å². The molecule has 1 aromatic carbocycles. The summed E-state index contributed by atoms with van der Waals surface area (Å²) in [6, 6.07) is 9.04. The summed E-state index contributed by atoms with van der Waals surface area (Å²) in [6.07, 6.45) is 1.05. The van der Waals surface area contributed by atoms with E-state index >= 15 is 0 Å². The Labute approximate surface area is 130 Å². The van der Waals surface area contributed by atoms with Gasteiger partial charge in [0.25, 0.3) is 0 Å². The minimum absolute atomic E-state index is 0.359. The van der Waals surface area contributed by atoms with Crippen molar-refractivity contribution in [1.82, 2.24) is 9.88 Å². The minimum Gasteiger partial charge on any atom is -0.293 e. The lowest BCUT2D eigenvalue weighted by Crippen LogP contribution is -2.23. The lowest BCUT2D eigenvalue weighted by atomic mass is 10.1. The summed E-state index contributed by atoms with van der Waals surface area (Å²) in [6.45, 7) is 5.28. The molecule has 4 heteroatoms. The molecule has 0 saturated heterocycles. The molecule has 0 aliphatic carbocycles. The number of rotatable bonds is 6. The van der Waals surface area contributed by atoms with E-state index in [1.165, 1.54) is 16.1 Å². The number of halogens is 1. The summed E-state index contributed by atoms with van der Waals surface area (Å²) in [7, 11) is 2.16. The van der Waals surface area contributed by atoms with Crippen LogP contribution in [0.5, 0.6) is 0 Å². The SMILES string of the molecule is CCC(c1nc(CCl)cs1)N(C)Cc1cccc(C)c1. The van der Waals surface area contributed by atoms with E-state index in [-0.39, 0.29) is 0 Å². The highest BCUT2D eigenvalue weighted by Gasteiger charge is 2.18. The summed E-state index contributed by atoms with van der Waals surface area (Å²) in [4.78, 5) is 6.99. The van der Waals surface area contributed by atoms with E-state index in [2.05, 4.69) is 60.4 Å². The number of alkyl halides is 1. The third-order valence-corrected chi connectivity index (χ3v) is 4.69. The van der Waals surface area contributed by atoms with Crippen LogP contribution in [0.3, 0.4) is 0 Å². The zero-order chi connectivity index (χ0) is 14.5. The Morgan fingerprint density at radius 2 is 2.20 bits per heavy atom. The van der Waals surface area contributed by atoms with Crippen LogP contribution in [0.2, 0.25) is 0 Å². The van der Waals surface area contributed by atoms with Crippen molar-refractivity contribution >= 4 is 22.9 Å². The van der Waals surface area contributed by atoms with Crippen LogP contribution in [-0.2, 0) is 12.4 Å². The van der Waals surface area contributed by atoms with Gasteiger partial charge in [0.2, 0.25) is 0 Å². The molecule has 1 aromatic heterocycles. The van der Waals surface area contributed by atoms with Gasteiger partial charge in [0, 0.05) is 11.9 Å². The van der Waals surface area contributed by atoms with E-state index in [4.69, 9.17) is 11.6 Å². The van der Waals surface area contributed by atoms with Crippen molar-refractivity contribution in [1.29, 1.82) is 0 Å². The maximum atomic E-state index is 5.85. The lowest BCUT2D eigenvalue weighted by Gasteiger charge is -2.25. The zero-order valence-corrected chi connectivity index (χ0v) is 13.8. The molecule has 0 aliphatic heterocycles.